The topological polar surface area (TPSA) is 14.1 Å². The number of hydrogen-bond acceptors (Lipinski definition) is 0. The van der Waals surface area contributed by atoms with Crippen LogP contribution in [0, 0.1) is 0 Å². The molecule has 1 nitrogen and oxygen atoms in total. The van der Waals surface area contributed by atoms with Crippen LogP contribution in [-0.4, -0.2) is 8.41 Å². The van der Waals surface area contributed by atoms with E-state index in [0.29, 0.717) is 0 Å². The van der Waals surface area contributed by atoms with Gasteiger partial charge in [-0.1, -0.05) is 109 Å². The van der Waals surface area contributed by atoms with Crippen LogP contribution in [0.5, 0.6) is 0 Å². The first-order valence-corrected chi connectivity index (χ1v) is 16.7. The molecular formula is C36H30BNP2. The van der Waals surface area contributed by atoms with Gasteiger partial charge in [0.15, 0.2) is 0 Å². The average Bonchev–Trinajstić information content (AvgIpc) is 3.04. The van der Waals surface area contributed by atoms with Crippen molar-refractivity contribution in [3.05, 3.63) is 182 Å². The second kappa shape index (κ2) is 12.4. The third-order valence-electron chi connectivity index (χ3n) is 7.05. The molecule has 0 aliphatic carbocycles. The van der Waals surface area contributed by atoms with Crippen molar-refractivity contribution in [2.45, 2.75) is 0 Å². The molecule has 0 spiro atoms. The van der Waals surface area contributed by atoms with Crippen molar-refractivity contribution in [3.8, 4) is 0 Å². The summed E-state index contributed by atoms with van der Waals surface area (Å²) in [7, 11) is -4.99. The molecule has 6 aromatic rings. The highest BCUT2D eigenvalue weighted by atomic mass is 31.2. The Hall–Kier alpha value is -4.05. The number of rotatable bonds is 6. The standard InChI is InChI=1S/C36H30NP2.B/c1-7-19-31(20-8-1)38(32-21-9-2-10-22-32,33-23-11-3-12-24-33)37-39(34-25-13-4-14-26-34,35-27-15-5-16-28-35)36-29-17-6-18-30-36;/h1-30H;/q+1;-1. The molecule has 0 aliphatic heterocycles. The molecule has 0 saturated heterocycles. The quantitative estimate of drug-likeness (QED) is 0.137. The zero-order chi connectivity index (χ0) is 26.4. The average molecular weight is 549 g/mol. The maximum absolute atomic E-state index is 6.38. The van der Waals surface area contributed by atoms with Gasteiger partial charge in [0.05, 0.1) is 31.8 Å². The predicted molar refractivity (Wildman–Crippen MR) is 178 cm³/mol. The van der Waals surface area contributed by atoms with E-state index < -0.39 is 14.1 Å². The van der Waals surface area contributed by atoms with Crippen molar-refractivity contribution in [2.75, 3.05) is 0 Å². The summed E-state index contributed by atoms with van der Waals surface area (Å²) < 4.78 is 6.38. The predicted octanol–water partition coefficient (Wildman–Crippen LogP) is 6.03. The fraction of sp³-hybridized carbons (Fsp3) is 0. The molecule has 6 rings (SSSR count). The van der Waals surface area contributed by atoms with Gasteiger partial charge in [-0.3, -0.25) is 0 Å². The van der Waals surface area contributed by atoms with Gasteiger partial charge in [0.25, 0.3) is 0 Å². The molecule has 0 bridgehead atoms. The highest BCUT2D eigenvalue weighted by Crippen LogP contribution is 2.50. The van der Waals surface area contributed by atoms with Crippen LogP contribution in [0.25, 0.3) is 0 Å². The molecule has 0 aromatic heterocycles. The fourth-order valence-corrected chi connectivity index (χ4v) is 14.8. The van der Waals surface area contributed by atoms with Crippen molar-refractivity contribution in [1.82, 2.24) is 4.17 Å². The van der Waals surface area contributed by atoms with Gasteiger partial charge in [-0.15, -0.1) is 4.17 Å². The fourth-order valence-electron chi connectivity index (χ4n) is 5.27. The van der Waals surface area contributed by atoms with Crippen LogP contribution in [0.2, 0.25) is 0 Å². The van der Waals surface area contributed by atoms with Gasteiger partial charge in [0.2, 0.25) is 0 Å². The van der Waals surface area contributed by atoms with Crippen LogP contribution < -0.4 is 36.0 Å². The van der Waals surface area contributed by atoms with E-state index in [-0.39, 0.29) is 8.41 Å². The van der Waals surface area contributed by atoms with E-state index in [0.717, 1.165) is 0 Å². The van der Waals surface area contributed by atoms with Crippen LogP contribution in [-0.2, 0) is 0 Å². The number of benzene rings is 6. The van der Waals surface area contributed by atoms with Crippen LogP contribution in [0.1, 0.15) is 0 Å². The molecule has 0 unspecified atom stereocenters. The molecule has 0 fully saturated rings. The lowest BCUT2D eigenvalue weighted by Gasteiger charge is -2.20. The molecule has 4 heteroatoms. The Balaban J connectivity index is 0.00000323. The molecule has 0 aliphatic rings. The van der Waals surface area contributed by atoms with E-state index in [4.69, 9.17) is 4.17 Å². The summed E-state index contributed by atoms with van der Waals surface area (Å²) in [5.41, 5.74) is 0. The summed E-state index contributed by atoms with van der Waals surface area (Å²) in [6, 6.07) is 65.7. The van der Waals surface area contributed by atoms with E-state index in [2.05, 4.69) is 182 Å². The van der Waals surface area contributed by atoms with Crippen LogP contribution >= 0.6 is 14.1 Å². The van der Waals surface area contributed by atoms with E-state index in [1.165, 1.54) is 31.8 Å². The molecule has 0 atom stereocenters. The molecule has 192 valence electrons. The maximum Gasteiger partial charge on any atom is 0.301 e. The minimum atomic E-state index is -2.50. The maximum atomic E-state index is 6.38. The van der Waals surface area contributed by atoms with Crippen molar-refractivity contribution in [1.29, 1.82) is 0 Å². The van der Waals surface area contributed by atoms with Crippen LogP contribution in [0.3, 0.4) is 0 Å². The molecule has 6 aromatic carbocycles. The van der Waals surface area contributed by atoms with Crippen molar-refractivity contribution in [2.24, 2.45) is 0 Å². The van der Waals surface area contributed by atoms with Crippen molar-refractivity contribution in [3.63, 3.8) is 0 Å². The summed E-state index contributed by atoms with van der Waals surface area (Å²) in [4.78, 5) is 0. The summed E-state index contributed by atoms with van der Waals surface area (Å²) in [6.45, 7) is 0. The van der Waals surface area contributed by atoms with Crippen LogP contribution in [0.4, 0.5) is 0 Å². The molecular weight excluding hydrogens is 519 g/mol. The summed E-state index contributed by atoms with van der Waals surface area (Å²) in [5.74, 6) is 0. The van der Waals surface area contributed by atoms with Gasteiger partial charge in [0.1, 0.15) is 0 Å². The number of nitrogens with zero attached hydrogens (tertiary/aromatic N) is 1. The summed E-state index contributed by atoms with van der Waals surface area (Å²) in [5, 5.41) is 7.55. The smallest absolute Gasteiger partial charge is 0.301 e. The second-order valence-electron chi connectivity index (χ2n) is 9.37. The van der Waals surface area contributed by atoms with Gasteiger partial charge in [-0.25, -0.2) is 0 Å². The van der Waals surface area contributed by atoms with Gasteiger partial charge in [-0.05, 0) is 72.8 Å². The second-order valence-corrected chi connectivity index (χ2v) is 15.7. The molecule has 40 heavy (non-hydrogen) atoms. The monoisotopic (exact) mass is 549 g/mol. The van der Waals surface area contributed by atoms with Crippen LogP contribution in [0.15, 0.2) is 182 Å². The summed E-state index contributed by atoms with van der Waals surface area (Å²) in [6.07, 6.45) is 0. The molecule has 4 radical (unpaired) electrons. The van der Waals surface area contributed by atoms with E-state index in [1.807, 2.05) is 0 Å². The lowest BCUT2D eigenvalue weighted by Crippen LogP contribution is -2.31. The molecule has 0 saturated carbocycles. The Bertz CT molecular complexity index is 1430. The molecule has 0 amide bonds. The van der Waals surface area contributed by atoms with Crippen molar-refractivity contribution >= 4 is 54.3 Å². The lowest BCUT2D eigenvalue weighted by molar-refractivity contribution is 1.67. The Morgan fingerprint density at radius 2 is 0.400 bits per heavy atom. The highest BCUT2D eigenvalue weighted by Gasteiger charge is 2.44. The number of hydrogen-bond donors (Lipinski definition) is 0. The first-order valence-electron chi connectivity index (χ1n) is 13.2. The zero-order valence-electron chi connectivity index (χ0n) is 22.2. The Morgan fingerprint density at radius 3 is 0.550 bits per heavy atom. The van der Waals surface area contributed by atoms with Gasteiger partial charge >= 0.3 is 14.1 Å². The molecule has 0 heterocycles. The minimum absolute atomic E-state index is 0. The lowest BCUT2D eigenvalue weighted by atomic mass is 10.4. The molecule has 0 N–H and O–H groups in total. The van der Waals surface area contributed by atoms with E-state index in [9.17, 15) is 0 Å². The Morgan fingerprint density at radius 1 is 0.250 bits per heavy atom. The Kier molecular flexibility index (Phi) is 8.55. The van der Waals surface area contributed by atoms with Gasteiger partial charge in [-0.2, -0.15) is 0 Å². The third-order valence-corrected chi connectivity index (χ3v) is 15.5. The third kappa shape index (κ3) is 4.99. The van der Waals surface area contributed by atoms with Crippen molar-refractivity contribution < 1.29 is 0 Å². The first kappa shape index (κ1) is 27.5. The summed E-state index contributed by atoms with van der Waals surface area (Å²) >= 11 is 0. The Labute approximate surface area is 239 Å². The largest absolute Gasteiger partial charge is 1.00 e. The first-order chi connectivity index (χ1) is 19.3. The zero-order valence-corrected chi connectivity index (χ0v) is 24.0. The SMILES string of the molecule is [B-].c1ccc(P(=[N+]=P(c2ccccc2)(c2ccccc2)c2ccccc2)(c2ccccc2)c2ccccc2)cc1. The van der Waals surface area contributed by atoms with E-state index >= 15 is 0 Å². The minimum Gasteiger partial charge on any atom is -1.00 e. The van der Waals surface area contributed by atoms with E-state index in [1.54, 1.807) is 0 Å². The highest BCUT2D eigenvalue weighted by molar-refractivity contribution is 7.93. The van der Waals surface area contributed by atoms with Gasteiger partial charge < -0.3 is 8.41 Å². The normalized spacial score (nSPS) is 11.2. The van der Waals surface area contributed by atoms with Gasteiger partial charge in [0, 0.05) is 0 Å².